The first-order chi connectivity index (χ1) is 18.8. The molecular formula is C29H31ClN2O7. The molecule has 1 N–H and O–H groups in total. The standard InChI is InChI=1S/C29H31ClN2O7/c1-35-19-9-7-18(8-10-19)32-27(33)13-11-20(28(32)17-6-12-23(36-2)26(14-17)39-5)29(34)31-22-15-21(30)24(37-3)16-25(22)38-4/h6-10,12,14-16,20,28H,11,13H2,1-5H3,(H,31,34)/t20-,28+/m1/s1. The SMILES string of the molecule is COc1ccc(N2C(=O)CC[C@@H](C(=O)Nc3cc(Cl)c(OC)cc3OC)[C@@H]2c2ccc(OC)c(OC)c2)cc1. The van der Waals surface area contributed by atoms with Crippen molar-refractivity contribution in [1.29, 1.82) is 0 Å². The van der Waals surface area contributed by atoms with Crippen molar-refractivity contribution < 1.29 is 33.3 Å². The first-order valence-electron chi connectivity index (χ1n) is 12.3. The second kappa shape index (κ2) is 12.2. The van der Waals surface area contributed by atoms with Crippen molar-refractivity contribution in [3.8, 4) is 28.7 Å². The number of carbonyl (C=O) groups excluding carboxylic acids is 2. The summed E-state index contributed by atoms with van der Waals surface area (Å²) in [7, 11) is 7.66. The summed E-state index contributed by atoms with van der Waals surface area (Å²) >= 11 is 6.34. The summed E-state index contributed by atoms with van der Waals surface area (Å²) in [5, 5.41) is 3.28. The lowest BCUT2D eigenvalue weighted by molar-refractivity contribution is -0.126. The number of benzene rings is 3. The van der Waals surface area contributed by atoms with Gasteiger partial charge in [-0.2, -0.15) is 0 Å². The molecule has 4 rings (SSSR count). The van der Waals surface area contributed by atoms with Gasteiger partial charge in [-0.1, -0.05) is 17.7 Å². The van der Waals surface area contributed by atoms with Crippen LogP contribution in [0, 0.1) is 5.92 Å². The monoisotopic (exact) mass is 554 g/mol. The van der Waals surface area contributed by atoms with E-state index in [4.69, 9.17) is 35.3 Å². The van der Waals surface area contributed by atoms with Crippen molar-refractivity contribution in [3.05, 3.63) is 65.2 Å². The van der Waals surface area contributed by atoms with E-state index in [-0.39, 0.29) is 18.2 Å². The summed E-state index contributed by atoms with van der Waals surface area (Å²) in [6.07, 6.45) is 0.525. The zero-order chi connectivity index (χ0) is 28.1. The normalized spacial score (nSPS) is 16.9. The summed E-state index contributed by atoms with van der Waals surface area (Å²) in [6, 6.07) is 15.1. The quantitative estimate of drug-likeness (QED) is 0.373. The number of hydrogen-bond donors (Lipinski definition) is 1. The predicted octanol–water partition coefficient (Wildman–Crippen LogP) is 5.51. The number of methoxy groups -OCH3 is 5. The van der Waals surface area contributed by atoms with Crippen LogP contribution in [-0.2, 0) is 9.59 Å². The molecule has 1 saturated heterocycles. The van der Waals surface area contributed by atoms with Gasteiger partial charge >= 0.3 is 0 Å². The minimum Gasteiger partial charge on any atom is -0.497 e. The van der Waals surface area contributed by atoms with Crippen LogP contribution < -0.4 is 33.9 Å². The molecule has 1 aliphatic heterocycles. The lowest BCUT2D eigenvalue weighted by Gasteiger charge is -2.41. The number of nitrogens with zero attached hydrogens (tertiary/aromatic N) is 1. The summed E-state index contributed by atoms with van der Waals surface area (Å²) in [6.45, 7) is 0. The first-order valence-corrected chi connectivity index (χ1v) is 12.6. The molecule has 206 valence electrons. The van der Waals surface area contributed by atoms with Crippen molar-refractivity contribution >= 4 is 34.8 Å². The number of halogens is 1. The maximum Gasteiger partial charge on any atom is 0.230 e. The topological polar surface area (TPSA) is 95.6 Å². The highest BCUT2D eigenvalue weighted by Gasteiger charge is 2.42. The Morgan fingerprint density at radius 2 is 1.49 bits per heavy atom. The second-order valence-corrected chi connectivity index (χ2v) is 9.25. The highest BCUT2D eigenvalue weighted by Crippen LogP contribution is 2.44. The van der Waals surface area contributed by atoms with Gasteiger partial charge in [0.2, 0.25) is 11.8 Å². The maximum atomic E-state index is 13.9. The van der Waals surface area contributed by atoms with E-state index in [9.17, 15) is 9.59 Å². The van der Waals surface area contributed by atoms with Gasteiger partial charge in [0.05, 0.1) is 58.2 Å². The minimum absolute atomic E-state index is 0.103. The Bertz CT molecular complexity index is 1350. The number of anilines is 2. The van der Waals surface area contributed by atoms with Gasteiger partial charge < -0.3 is 33.9 Å². The molecule has 0 saturated carbocycles. The Morgan fingerprint density at radius 3 is 2.10 bits per heavy atom. The Balaban J connectivity index is 1.79. The van der Waals surface area contributed by atoms with Crippen molar-refractivity contribution in [2.24, 2.45) is 5.92 Å². The van der Waals surface area contributed by atoms with E-state index < -0.39 is 12.0 Å². The summed E-state index contributed by atoms with van der Waals surface area (Å²) < 4.78 is 27.0. The molecule has 3 aromatic rings. The zero-order valence-electron chi connectivity index (χ0n) is 22.4. The average molecular weight is 555 g/mol. The molecule has 1 heterocycles. The van der Waals surface area contributed by atoms with E-state index in [0.717, 1.165) is 5.56 Å². The van der Waals surface area contributed by atoms with Gasteiger partial charge in [-0.3, -0.25) is 9.59 Å². The fourth-order valence-corrected chi connectivity index (χ4v) is 5.06. The van der Waals surface area contributed by atoms with E-state index in [1.54, 1.807) is 74.8 Å². The van der Waals surface area contributed by atoms with Crippen molar-refractivity contribution in [2.45, 2.75) is 18.9 Å². The van der Waals surface area contributed by atoms with Crippen molar-refractivity contribution in [3.63, 3.8) is 0 Å². The molecule has 3 aromatic carbocycles. The Morgan fingerprint density at radius 1 is 0.821 bits per heavy atom. The lowest BCUT2D eigenvalue weighted by atomic mass is 9.83. The zero-order valence-corrected chi connectivity index (χ0v) is 23.2. The molecule has 9 nitrogen and oxygen atoms in total. The van der Waals surface area contributed by atoms with E-state index in [2.05, 4.69) is 5.32 Å². The van der Waals surface area contributed by atoms with Gasteiger partial charge in [0, 0.05) is 18.2 Å². The number of piperidine rings is 1. The summed E-state index contributed by atoms with van der Waals surface area (Å²) in [5.74, 6) is 1.49. The number of amides is 2. The van der Waals surface area contributed by atoms with Crippen LogP contribution in [0.4, 0.5) is 11.4 Å². The third-order valence-electron chi connectivity index (χ3n) is 6.77. The molecule has 10 heteroatoms. The van der Waals surface area contributed by atoms with E-state index >= 15 is 0 Å². The second-order valence-electron chi connectivity index (χ2n) is 8.84. The van der Waals surface area contributed by atoms with E-state index in [1.807, 2.05) is 6.07 Å². The molecule has 2 atom stereocenters. The third kappa shape index (κ3) is 5.68. The maximum absolute atomic E-state index is 13.9. The van der Waals surface area contributed by atoms with Crippen molar-refractivity contribution in [1.82, 2.24) is 0 Å². The number of nitrogens with one attached hydrogen (secondary N) is 1. The van der Waals surface area contributed by atoms with Gasteiger partial charge in [0.15, 0.2) is 11.5 Å². The molecule has 0 unspecified atom stereocenters. The average Bonchev–Trinajstić information content (AvgIpc) is 2.96. The smallest absolute Gasteiger partial charge is 0.230 e. The molecular weight excluding hydrogens is 524 g/mol. The molecule has 0 aromatic heterocycles. The molecule has 0 bridgehead atoms. The number of ether oxygens (including phenoxy) is 5. The molecule has 0 aliphatic carbocycles. The van der Waals surface area contributed by atoms with Crippen LogP contribution in [0.3, 0.4) is 0 Å². The van der Waals surface area contributed by atoms with Gasteiger partial charge in [-0.05, 0) is 54.4 Å². The van der Waals surface area contributed by atoms with Gasteiger partial charge in [-0.15, -0.1) is 0 Å². The fraction of sp³-hybridized carbons (Fsp3) is 0.310. The Labute approximate surface area is 232 Å². The lowest BCUT2D eigenvalue weighted by Crippen LogP contribution is -2.47. The van der Waals surface area contributed by atoms with E-state index in [0.29, 0.717) is 51.6 Å². The number of carbonyl (C=O) groups is 2. The van der Waals surface area contributed by atoms with Crippen LogP contribution >= 0.6 is 11.6 Å². The number of rotatable bonds is 9. The highest BCUT2D eigenvalue weighted by atomic mass is 35.5. The van der Waals surface area contributed by atoms with Crippen LogP contribution in [0.5, 0.6) is 28.7 Å². The van der Waals surface area contributed by atoms with Crippen LogP contribution in [0.25, 0.3) is 0 Å². The predicted molar refractivity (Wildman–Crippen MR) is 149 cm³/mol. The summed E-state index contributed by atoms with van der Waals surface area (Å²) in [5.41, 5.74) is 1.76. The molecule has 39 heavy (non-hydrogen) atoms. The van der Waals surface area contributed by atoms with Crippen LogP contribution in [0.1, 0.15) is 24.4 Å². The molecule has 0 spiro atoms. The summed E-state index contributed by atoms with van der Waals surface area (Å²) in [4.78, 5) is 29.0. The van der Waals surface area contributed by atoms with Crippen LogP contribution in [-0.4, -0.2) is 47.4 Å². The van der Waals surface area contributed by atoms with Crippen LogP contribution in [0.15, 0.2) is 54.6 Å². The largest absolute Gasteiger partial charge is 0.497 e. The number of hydrogen-bond acceptors (Lipinski definition) is 7. The molecule has 2 amide bonds. The van der Waals surface area contributed by atoms with Gasteiger partial charge in [0.1, 0.15) is 17.2 Å². The fourth-order valence-electron chi connectivity index (χ4n) is 4.82. The van der Waals surface area contributed by atoms with Gasteiger partial charge in [-0.25, -0.2) is 0 Å². The van der Waals surface area contributed by atoms with Crippen molar-refractivity contribution in [2.75, 3.05) is 45.8 Å². The Hall–Kier alpha value is -4.11. The minimum atomic E-state index is -0.640. The Kier molecular flexibility index (Phi) is 8.71. The first kappa shape index (κ1) is 27.9. The van der Waals surface area contributed by atoms with E-state index in [1.165, 1.54) is 14.2 Å². The molecule has 1 aliphatic rings. The third-order valence-corrected chi connectivity index (χ3v) is 7.06. The van der Waals surface area contributed by atoms with Gasteiger partial charge in [0.25, 0.3) is 0 Å². The highest BCUT2D eigenvalue weighted by molar-refractivity contribution is 6.32. The molecule has 1 fully saturated rings. The van der Waals surface area contributed by atoms with Crippen LogP contribution in [0.2, 0.25) is 5.02 Å². The molecule has 0 radical (unpaired) electrons.